The minimum atomic E-state index is 0.868. The van der Waals surface area contributed by atoms with Crippen molar-refractivity contribution in [1.29, 1.82) is 0 Å². The minimum absolute atomic E-state index is 0.868. The molecule has 0 fully saturated rings. The van der Waals surface area contributed by atoms with Crippen molar-refractivity contribution in [2.24, 2.45) is 0 Å². The predicted molar refractivity (Wildman–Crippen MR) is 238 cm³/mol. The zero-order chi connectivity index (χ0) is 37.5. The fourth-order valence-corrected chi connectivity index (χ4v) is 9.14. The number of hydrogen-bond donors (Lipinski definition) is 0. The van der Waals surface area contributed by atoms with Gasteiger partial charge in [-0.2, -0.15) is 0 Å². The van der Waals surface area contributed by atoms with Gasteiger partial charge in [-0.3, -0.25) is 9.13 Å². The van der Waals surface area contributed by atoms with E-state index in [2.05, 4.69) is 220 Å². The lowest BCUT2D eigenvalue weighted by atomic mass is 10.0. The molecule has 12 aromatic rings. The molecular weight excluding hydrogens is 693 g/mol. The van der Waals surface area contributed by atoms with Gasteiger partial charge in [0.25, 0.3) is 0 Å². The molecule has 0 atom stereocenters. The number of nitrogens with zero attached hydrogens (tertiary/aromatic N) is 4. The molecule has 0 aliphatic rings. The van der Waals surface area contributed by atoms with Gasteiger partial charge in [0, 0.05) is 38.0 Å². The largest absolute Gasteiger partial charge is 0.307 e. The molecule has 0 unspecified atom stereocenters. The molecule has 0 bridgehead atoms. The summed E-state index contributed by atoms with van der Waals surface area (Å²) < 4.78 is 7.14. The van der Waals surface area contributed by atoms with Crippen LogP contribution in [0.2, 0.25) is 0 Å². The molecule has 0 N–H and O–H groups in total. The van der Waals surface area contributed by atoms with E-state index in [1.165, 1.54) is 65.6 Å². The summed E-state index contributed by atoms with van der Waals surface area (Å²) in [7, 11) is 0. The molecule has 0 aliphatic carbocycles. The number of para-hydroxylation sites is 3. The lowest BCUT2D eigenvalue weighted by molar-refractivity contribution is 1.01. The van der Waals surface area contributed by atoms with E-state index >= 15 is 0 Å². The molecule has 57 heavy (non-hydrogen) atoms. The monoisotopic (exact) mass is 726 g/mol. The first-order valence-corrected chi connectivity index (χ1v) is 19.5. The van der Waals surface area contributed by atoms with Gasteiger partial charge in [-0.05, 0) is 82.9 Å². The maximum absolute atomic E-state index is 5.60. The van der Waals surface area contributed by atoms with E-state index < -0.39 is 0 Å². The number of aromatic nitrogens is 4. The van der Waals surface area contributed by atoms with Crippen molar-refractivity contribution < 1.29 is 0 Å². The van der Waals surface area contributed by atoms with Gasteiger partial charge in [0.1, 0.15) is 11.6 Å². The van der Waals surface area contributed by atoms with Crippen molar-refractivity contribution in [1.82, 2.24) is 18.7 Å². The highest BCUT2D eigenvalue weighted by Crippen LogP contribution is 2.42. The Kier molecular flexibility index (Phi) is 6.89. The Morgan fingerprint density at radius 3 is 1.26 bits per heavy atom. The Bertz CT molecular complexity index is 3400. The molecular formula is C53H34N4. The summed E-state index contributed by atoms with van der Waals surface area (Å²) in [4.78, 5) is 5.60. The third-order valence-electron chi connectivity index (χ3n) is 11.6. The second kappa shape index (κ2) is 12.4. The van der Waals surface area contributed by atoms with Crippen LogP contribution in [0.25, 0.3) is 105 Å². The molecule has 4 nitrogen and oxygen atoms in total. The van der Waals surface area contributed by atoms with Crippen molar-refractivity contribution in [3.05, 3.63) is 206 Å². The Morgan fingerprint density at radius 1 is 0.263 bits per heavy atom. The SMILES string of the molecule is c1ccc(-c2ccc3c(c2)c2cc(-c4ccccc4)ccc2n3-c2cccc(-n3c4ccccc4c4ccc5c6ccccc6n(-c6ccccc6)c5c43)n2)cc1. The van der Waals surface area contributed by atoms with Gasteiger partial charge in [0.2, 0.25) is 0 Å². The molecule has 0 aliphatic heterocycles. The third-order valence-corrected chi connectivity index (χ3v) is 11.6. The second-order valence-electron chi connectivity index (χ2n) is 14.8. The van der Waals surface area contributed by atoms with E-state index in [0.717, 1.165) is 39.4 Å². The van der Waals surface area contributed by atoms with E-state index in [1.807, 2.05) is 0 Å². The smallest absolute Gasteiger partial charge is 0.140 e. The summed E-state index contributed by atoms with van der Waals surface area (Å²) in [5.74, 6) is 1.74. The van der Waals surface area contributed by atoms with Gasteiger partial charge in [-0.15, -0.1) is 0 Å². The van der Waals surface area contributed by atoms with Gasteiger partial charge >= 0.3 is 0 Å². The van der Waals surface area contributed by atoms with Crippen LogP contribution in [0.1, 0.15) is 0 Å². The Hall–Kier alpha value is -7.69. The molecule has 266 valence electrons. The number of rotatable bonds is 5. The first-order chi connectivity index (χ1) is 28.3. The van der Waals surface area contributed by atoms with Crippen molar-refractivity contribution in [3.63, 3.8) is 0 Å². The van der Waals surface area contributed by atoms with Crippen molar-refractivity contribution >= 4 is 65.4 Å². The van der Waals surface area contributed by atoms with Gasteiger partial charge in [0.15, 0.2) is 0 Å². The maximum atomic E-state index is 5.60. The van der Waals surface area contributed by atoms with Gasteiger partial charge in [-0.25, -0.2) is 4.98 Å². The van der Waals surface area contributed by atoms with E-state index in [-0.39, 0.29) is 0 Å². The number of pyridine rings is 1. The number of benzene rings is 8. The molecule has 0 spiro atoms. The quantitative estimate of drug-likeness (QED) is 0.174. The average Bonchev–Trinajstić information content (AvgIpc) is 3.93. The minimum Gasteiger partial charge on any atom is -0.307 e. The van der Waals surface area contributed by atoms with Crippen LogP contribution in [0.15, 0.2) is 206 Å². The van der Waals surface area contributed by atoms with Crippen molar-refractivity contribution in [3.8, 4) is 39.6 Å². The summed E-state index contributed by atoms with van der Waals surface area (Å²) in [5.41, 5.74) is 12.8. The van der Waals surface area contributed by atoms with E-state index in [4.69, 9.17) is 4.98 Å². The summed E-state index contributed by atoms with van der Waals surface area (Å²) >= 11 is 0. The Labute approximate surface area is 328 Å². The zero-order valence-electron chi connectivity index (χ0n) is 30.9. The van der Waals surface area contributed by atoms with E-state index in [1.54, 1.807) is 0 Å². The van der Waals surface area contributed by atoms with Crippen LogP contribution in [-0.2, 0) is 0 Å². The fourth-order valence-electron chi connectivity index (χ4n) is 9.14. The Morgan fingerprint density at radius 2 is 0.702 bits per heavy atom. The van der Waals surface area contributed by atoms with Crippen LogP contribution in [-0.4, -0.2) is 18.7 Å². The lowest BCUT2D eigenvalue weighted by Crippen LogP contribution is -2.04. The van der Waals surface area contributed by atoms with Gasteiger partial charge in [-0.1, -0.05) is 146 Å². The maximum Gasteiger partial charge on any atom is 0.140 e. The highest BCUT2D eigenvalue weighted by atomic mass is 15.1. The zero-order valence-corrected chi connectivity index (χ0v) is 30.9. The second-order valence-corrected chi connectivity index (χ2v) is 14.8. The van der Waals surface area contributed by atoms with Crippen LogP contribution in [0, 0.1) is 0 Å². The fraction of sp³-hybridized carbons (Fsp3) is 0. The topological polar surface area (TPSA) is 27.7 Å². The Balaban J connectivity index is 1.15. The van der Waals surface area contributed by atoms with Crippen molar-refractivity contribution in [2.75, 3.05) is 0 Å². The van der Waals surface area contributed by atoms with E-state index in [0.29, 0.717) is 0 Å². The van der Waals surface area contributed by atoms with Gasteiger partial charge in [0.05, 0.1) is 33.1 Å². The molecule has 0 saturated heterocycles. The molecule has 12 rings (SSSR count). The molecule has 4 aromatic heterocycles. The van der Waals surface area contributed by atoms with Crippen molar-refractivity contribution in [2.45, 2.75) is 0 Å². The predicted octanol–water partition coefficient (Wildman–Crippen LogP) is 13.7. The van der Waals surface area contributed by atoms with Crippen LogP contribution < -0.4 is 0 Å². The van der Waals surface area contributed by atoms with Crippen LogP contribution in [0.3, 0.4) is 0 Å². The van der Waals surface area contributed by atoms with Crippen LogP contribution >= 0.6 is 0 Å². The summed E-state index contributed by atoms with van der Waals surface area (Å²) in [6, 6.07) is 74.2. The molecule has 8 aromatic carbocycles. The number of hydrogen-bond acceptors (Lipinski definition) is 1. The first-order valence-electron chi connectivity index (χ1n) is 19.5. The summed E-state index contributed by atoms with van der Waals surface area (Å²) in [5, 5.41) is 7.23. The first kappa shape index (κ1) is 31.6. The molecule has 0 amide bonds. The molecule has 4 heteroatoms. The van der Waals surface area contributed by atoms with E-state index in [9.17, 15) is 0 Å². The van der Waals surface area contributed by atoms with Gasteiger partial charge < -0.3 is 4.57 Å². The third kappa shape index (κ3) is 4.77. The molecule has 0 radical (unpaired) electrons. The normalized spacial score (nSPS) is 11.9. The number of fused-ring (bicyclic) bond motifs is 10. The highest BCUT2D eigenvalue weighted by molar-refractivity contribution is 6.23. The lowest BCUT2D eigenvalue weighted by Gasteiger charge is -2.14. The summed E-state index contributed by atoms with van der Waals surface area (Å²) in [6.45, 7) is 0. The standard InChI is InChI=1S/C53H34N4/c1-4-15-35(16-5-1)37-27-31-48-44(33-37)45-34-38(36-17-6-2-7-18-36)28-32-49(45)56(48)50-25-14-26-51(54-50)57-47-24-13-11-22-41(47)43-30-29-42-40-21-10-12-23-46(40)55(52(42)53(43)57)39-19-8-3-9-20-39/h1-34H. The van der Waals surface area contributed by atoms with Crippen LogP contribution in [0.5, 0.6) is 0 Å². The van der Waals surface area contributed by atoms with Crippen LogP contribution in [0.4, 0.5) is 0 Å². The summed E-state index contributed by atoms with van der Waals surface area (Å²) in [6.07, 6.45) is 0. The highest BCUT2D eigenvalue weighted by Gasteiger charge is 2.22. The molecule has 4 heterocycles. The average molecular weight is 727 g/mol. The molecule has 0 saturated carbocycles.